The largest absolute Gasteiger partial charge is 0.325 e. The lowest BCUT2D eigenvalue weighted by atomic mass is 9.80. The number of hydrogen-bond acceptors (Lipinski definition) is 2. The van der Waals surface area contributed by atoms with Crippen LogP contribution in [0, 0.1) is 0 Å². The van der Waals surface area contributed by atoms with Crippen LogP contribution in [0.2, 0.25) is 0 Å². The van der Waals surface area contributed by atoms with Crippen LogP contribution in [0.15, 0.2) is 18.2 Å². The Labute approximate surface area is 121 Å². The fourth-order valence-electron chi connectivity index (χ4n) is 3.83. The fourth-order valence-corrected chi connectivity index (χ4v) is 3.83. The van der Waals surface area contributed by atoms with Crippen molar-refractivity contribution in [2.24, 2.45) is 0 Å². The molecular formula is C17H24N2O. The van der Waals surface area contributed by atoms with E-state index in [9.17, 15) is 4.79 Å². The van der Waals surface area contributed by atoms with Gasteiger partial charge in [-0.25, -0.2) is 0 Å². The number of nitrogens with one attached hydrogen (secondary N) is 1. The van der Waals surface area contributed by atoms with E-state index in [4.69, 9.17) is 0 Å². The van der Waals surface area contributed by atoms with E-state index in [0.29, 0.717) is 6.04 Å². The molecule has 2 aliphatic rings. The van der Waals surface area contributed by atoms with Crippen molar-refractivity contribution in [2.45, 2.75) is 51.5 Å². The Morgan fingerprint density at radius 1 is 1.25 bits per heavy atom. The summed E-state index contributed by atoms with van der Waals surface area (Å²) in [4.78, 5) is 14.8. The van der Waals surface area contributed by atoms with Crippen molar-refractivity contribution in [3.63, 3.8) is 0 Å². The maximum absolute atomic E-state index is 12.2. The first-order valence-corrected chi connectivity index (χ1v) is 7.91. The first kappa shape index (κ1) is 13.6. The van der Waals surface area contributed by atoms with Gasteiger partial charge >= 0.3 is 0 Å². The lowest BCUT2D eigenvalue weighted by Crippen LogP contribution is -2.41. The van der Waals surface area contributed by atoms with E-state index in [1.54, 1.807) is 0 Å². The van der Waals surface area contributed by atoms with Crippen molar-refractivity contribution in [2.75, 3.05) is 18.4 Å². The molecule has 0 radical (unpaired) electrons. The van der Waals surface area contributed by atoms with Crippen molar-refractivity contribution < 1.29 is 4.79 Å². The minimum absolute atomic E-state index is 0.0798. The van der Waals surface area contributed by atoms with Gasteiger partial charge in [-0.3, -0.25) is 4.79 Å². The summed E-state index contributed by atoms with van der Waals surface area (Å²) in [6.45, 7) is 6.75. The third-order valence-corrected chi connectivity index (χ3v) is 4.62. The highest BCUT2D eigenvalue weighted by molar-refractivity contribution is 6.03. The monoisotopic (exact) mass is 272 g/mol. The normalized spacial score (nSPS) is 23.9. The van der Waals surface area contributed by atoms with Gasteiger partial charge in [0.25, 0.3) is 0 Å². The standard InChI is InChI=1S/C17H24N2O/c1-3-8-19(9-4-2)13-10-12-6-5-7-15-16(12)14(11-13)17(20)18-15/h5-7,13-14H,3-4,8-11H2,1-2H3,(H,18,20)/t13-,14-/m1/s1. The summed E-state index contributed by atoms with van der Waals surface area (Å²) in [7, 11) is 0. The highest BCUT2D eigenvalue weighted by Gasteiger charge is 2.39. The van der Waals surface area contributed by atoms with E-state index >= 15 is 0 Å². The Morgan fingerprint density at radius 2 is 2.00 bits per heavy atom. The summed E-state index contributed by atoms with van der Waals surface area (Å²) in [5.41, 5.74) is 3.70. The molecule has 0 aromatic heterocycles. The van der Waals surface area contributed by atoms with Gasteiger partial charge < -0.3 is 10.2 Å². The molecule has 1 aromatic rings. The van der Waals surface area contributed by atoms with Crippen molar-refractivity contribution in [1.82, 2.24) is 4.90 Å². The zero-order chi connectivity index (χ0) is 14.1. The number of carbonyl (C=O) groups excluding carboxylic acids is 1. The molecule has 1 heterocycles. The second-order valence-corrected chi connectivity index (χ2v) is 6.05. The van der Waals surface area contributed by atoms with E-state index in [1.807, 2.05) is 6.07 Å². The maximum Gasteiger partial charge on any atom is 0.232 e. The number of amides is 1. The number of anilines is 1. The van der Waals surface area contributed by atoms with Crippen LogP contribution in [0.25, 0.3) is 0 Å². The molecule has 0 fully saturated rings. The molecule has 108 valence electrons. The average Bonchev–Trinajstić information content (AvgIpc) is 2.77. The highest BCUT2D eigenvalue weighted by atomic mass is 16.2. The zero-order valence-corrected chi connectivity index (χ0v) is 12.5. The summed E-state index contributed by atoms with van der Waals surface area (Å²) < 4.78 is 0. The maximum atomic E-state index is 12.2. The Morgan fingerprint density at radius 3 is 2.70 bits per heavy atom. The molecule has 0 bridgehead atoms. The van der Waals surface area contributed by atoms with E-state index in [2.05, 4.69) is 36.2 Å². The van der Waals surface area contributed by atoms with Gasteiger partial charge in [-0.2, -0.15) is 0 Å². The molecule has 3 rings (SSSR count). The predicted molar refractivity (Wildman–Crippen MR) is 82.1 cm³/mol. The van der Waals surface area contributed by atoms with Crippen LogP contribution in [-0.2, 0) is 11.2 Å². The first-order chi connectivity index (χ1) is 9.74. The minimum Gasteiger partial charge on any atom is -0.325 e. The van der Waals surface area contributed by atoms with Crippen LogP contribution in [-0.4, -0.2) is 29.9 Å². The molecule has 2 atom stereocenters. The molecule has 1 N–H and O–H groups in total. The molecule has 0 spiro atoms. The van der Waals surface area contributed by atoms with E-state index in [1.165, 1.54) is 24.0 Å². The summed E-state index contributed by atoms with van der Waals surface area (Å²) in [5, 5.41) is 3.05. The second-order valence-electron chi connectivity index (χ2n) is 6.05. The molecule has 1 aliphatic carbocycles. The van der Waals surface area contributed by atoms with Crippen molar-refractivity contribution in [3.05, 3.63) is 29.3 Å². The van der Waals surface area contributed by atoms with E-state index in [-0.39, 0.29) is 11.8 Å². The quantitative estimate of drug-likeness (QED) is 0.893. The van der Waals surface area contributed by atoms with Crippen LogP contribution in [0.3, 0.4) is 0 Å². The smallest absolute Gasteiger partial charge is 0.232 e. The van der Waals surface area contributed by atoms with Crippen LogP contribution in [0.5, 0.6) is 0 Å². The highest BCUT2D eigenvalue weighted by Crippen LogP contribution is 2.43. The molecule has 0 unspecified atom stereocenters. The molecular weight excluding hydrogens is 248 g/mol. The lowest BCUT2D eigenvalue weighted by molar-refractivity contribution is -0.117. The lowest BCUT2D eigenvalue weighted by Gasteiger charge is -2.36. The van der Waals surface area contributed by atoms with Crippen LogP contribution in [0.1, 0.15) is 50.2 Å². The van der Waals surface area contributed by atoms with Gasteiger partial charge in [-0.1, -0.05) is 26.0 Å². The van der Waals surface area contributed by atoms with Gasteiger partial charge in [-0.05, 0) is 56.0 Å². The topological polar surface area (TPSA) is 32.3 Å². The fraction of sp³-hybridized carbons (Fsp3) is 0.588. The summed E-state index contributed by atoms with van der Waals surface area (Å²) >= 11 is 0. The van der Waals surface area contributed by atoms with E-state index in [0.717, 1.165) is 31.6 Å². The van der Waals surface area contributed by atoms with Crippen molar-refractivity contribution in [1.29, 1.82) is 0 Å². The summed E-state index contributed by atoms with van der Waals surface area (Å²) in [5.74, 6) is 0.279. The molecule has 20 heavy (non-hydrogen) atoms. The molecule has 1 amide bonds. The van der Waals surface area contributed by atoms with Crippen molar-refractivity contribution >= 4 is 11.6 Å². The Balaban J connectivity index is 1.88. The zero-order valence-electron chi connectivity index (χ0n) is 12.5. The number of carbonyl (C=O) groups is 1. The third-order valence-electron chi connectivity index (χ3n) is 4.62. The number of rotatable bonds is 5. The Bertz CT molecular complexity index is 506. The van der Waals surface area contributed by atoms with Gasteiger partial charge in [0.2, 0.25) is 5.91 Å². The molecule has 0 saturated heterocycles. The first-order valence-electron chi connectivity index (χ1n) is 7.91. The van der Waals surface area contributed by atoms with Gasteiger partial charge in [0.15, 0.2) is 0 Å². The molecule has 1 aromatic carbocycles. The molecule has 3 heteroatoms. The predicted octanol–water partition coefficient (Wildman–Crippen LogP) is 3.16. The molecule has 3 nitrogen and oxygen atoms in total. The summed E-state index contributed by atoms with van der Waals surface area (Å²) in [6, 6.07) is 6.83. The van der Waals surface area contributed by atoms with Crippen LogP contribution < -0.4 is 5.32 Å². The number of nitrogens with zero attached hydrogens (tertiary/aromatic N) is 1. The van der Waals surface area contributed by atoms with Crippen LogP contribution in [0.4, 0.5) is 5.69 Å². The second kappa shape index (κ2) is 5.57. The minimum atomic E-state index is 0.0798. The number of benzene rings is 1. The SMILES string of the molecule is CCCN(CCC)[C@@H]1Cc2cccc3c2[C@@H](C1)C(=O)N3. The van der Waals surface area contributed by atoms with Crippen LogP contribution >= 0.6 is 0 Å². The van der Waals surface area contributed by atoms with Gasteiger partial charge in [0, 0.05) is 11.7 Å². The van der Waals surface area contributed by atoms with Gasteiger partial charge in [0.1, 0.15) is 0 Å². The third kappa shape index (κ3) is 2.24. The molecule has 1 aliphatic heterocycles. The summed E-state index contributed by atoms with van der Waals surface area (Å²) in [6.07, 6.45) is 4.44. The molecule has 0 saturated carbocycles. The number of hydrogen-bond donors (Lipinski definition) is 1. The van der Waals surface area contributed by atoms with Gasteiger partial charge in [-0.15, -0.1) is 0 Å². The van der Waals surface area contributed by atoms with Crippen molar-refractivity contribution in [3.8, 4) is 0 Å². The average molecular weight is 272 g/mol. The van der Waals surface area contributed by atoms with Gasteiger partial charge in [0.05, 0.1) is 5.92 Å². The Kier molecular flexibility index (Phi) is 3.79. The Hall–Kier alpha value is -1.35. The van der Waals surface area contributed by atoms with E-state index < -0.39 is 0 Å².